The van der Waals surface area contributed by atoms with E-state index in [9.17, 15) is 0 Å². The van der Waals surface area contributed by atoms with Gasteiger partial charge in [-0.3, -0.25) is 0 Å². The highest BCUT2D eigenvalue weighted by atomic mass is 14.7. The minimum absolute atomic E-state index is 0.282. The molecule has 0 heteroatoms. The first-order valence-corrected chi connectivity index (χ1v) is 19.5. The lowest BCUT2D eigenvalue weighted by Gasteiger charge is -2.49. The van der Waals surface area contributed by atoms with E-state index in [4.69, 9.17) is 0 Å². The minimum Gasteiger partial charge on any atom is -0.0765 e. The van der Waals surface area contributed by atoms with E-state index in [0.717, 1.165) is 29.6 Å². The van der Waals surface area contributed by atoms with E-state index < -0.39 is 0 Å². The summed E-state index contributed by atoms with van der Waals surface area (Å²) in [5, 5.41) is 0. The lowest BCUT2D eigenvalue weighted by atomic mass is 9.55. The van der Waals surface area contributed by atoms with Crippen molar-refractivity contribution < 1.29 is 0 Å². The van der Waals surface area contributed by atoms with Gasteiger partial charge in [-0.25, -0.2) is 0 Å². The van der Waals surface area contributed by atoms with Crippen LogP contribution in [0.25, 0.3) is 0 Å². The van der Waals surface area contributed by atoms with Crippen LogP contribution in [0, 0.1) is 91.7 Å². The highest BCUT2D eigenvalue weighted by Gasteiger charge is 2.66. The zero-order chi connectivity index (χ0) is 32.9. The van der Waals surface area contributed by atoms with Gasteiger partial charge in [0.1, 0.15) is 0 Å². The largest absolute Gasteiger partial charge is 0.0765 e. The maximum absolute atomic E-state index is 2.96. The molecule has 0 nitrogen and oxygen atoms in total. The molecule has 7 aliphatic carbocycles. The van der Waals surface area contributed by atoms with E-state index in [2.05, 4.69) is 121 Å². The van der Waals surface area contributed by atoms with E-state index in [0.29, 0.717) is 51.2 Å². The lowest BCUT2D eigenvalue weighted by molar-refractivity contribution is 0.0576. The quantitative estimate of drug-likeness (QED) is 0.277. The third kappa shape index (κ3) is 4.77. The molecule has 7 aliphatic rings. The van der Waals surface area contributed by atoms with Crippen LogP contribution in [0.2, 0.25) is 0 Å². The summed E-state index contributed by atoms with van der Waals surface area (Å²) in [6, 6.07) is 0. The standard InChI is InChI=1S/C45H70/c1-26-15-16-42(8,9)34-23-31-29(21-28(26)34)30-22-36-37(44(12,13)18-17-43(36,10)11)24-32(30)39(31)45(14)25-38(41(5,6)7)33-19-27(20-35(33)45)40(2,3)4/h21-24,26-27,29-33,35,38-39H,15-20,25H2,1-14H3/t26?,27?,29?,30?,31?,32?,33?,35?,38-,39?,45?/m0/s1. The van der Waals surface area contributed by atoms with Crippen LogP contribution >= 0.6 is 0 Å². The van der Waals surface area contributed by atoms with Crippen LogP contribution in [-0.4, -0.2) is 0 Å². The minimum atomic E-state index is 0.282. The Morgan fingerprint density at radius 2 is 1.11 bits per heavy atom. The second-order valence-electron chi connectivity index (χ2n) is 22.3. The van der Waals surface area contributed by atoms with E-state index in [1.165, 1.54) is 44.9 Å². The summed E-state index contributed by atoms with van der Waals surface area (Å²) in [4.78, 5) is 0. The highest BCUT2D eigenvalue weighted by molar-refractivity contribution is 5.51. The normalized spacial score (nSPS) is 46.1. The molecule has 0 bridgehead atoms. The van der Waals surface area contributed by atoms with Gasteiger partial charge >= 0.3 is 0 Å². The second kappa shape index (κ2) is 9.78. The molecule has 0 aliphatic heterocycles. The maximum atomic E-state index is 2.96. The first-order chi connectivity index (χ1) is 20.6. The van der Waals surface area contributed by atoms with Gasteiger partial charge in [0, 0.05) is 0 Å². The molecule has 0 amide bonds. The van der Waals surface area contributed by atoms with Gasteiger partial charge < -0.3 is 0 Å². The van der Waals surface area contributed by atoms with E-state index >= 15 is 0 Å². The molecule has 0 aromatic heterocycles. The van der Waals surface area contributed by atoms with E-state index in [1.54, 1.807) is 22.3 Å². The van der Waals surface area contributed by atoms with Gasteiger partial charge in [-0.1, -0.05) is 121 Å². The zero-order valence-corrected chi connectivity index (χ0v) is 32.0. The van der Waals surface area contributed by atoms with Gasteiger partial charge in [-0.2, -0.15) is 0 Å². The number of hydrogen-bond acceptors (Lipinski definition) is 0. The van der Waals surface area contributed by atoms with Crippen LogP contribution in [0.5, 0.6) is 0 Å². The average Bonchev–Trinajstić information content (AvgIpc) is 3.58. The molecule has 7 rings (SSSR count). The fourth-order valence-corrected chi connectivity index (χ4v) is 13.2. The Morgan fingerprint density at radius 1 is 0.600 bits per heavy atom. The predicted octanol–water partition coefficient (Wildman–Crippen LogP) is 12.9. The maximum Gasteiger partial charge on any atom is -0.00921 e. The molecular weight excluding hydrogens is 540 g/mol. The first-order valence-electron chi connectivity index (χ1n) is 19.5. The van der Waals surface area contributed by atoms with Crippen LogP contribution in [0.4, 0.5) is 0 Å². The smallest absolute Gasteiger partial charge is 0.00921 e. The molecule has 0 N–H and O–H groups in total. The Bertz CT molecular complexity index is 1350. The molecule has 0 aromatic carbocycles. The molecule has 45 heavy (non-hydrogen) atoms. The van der Waals surface area contributed by atoms with Crippen molar-refractivity contribution in [1.29, 1.82) is 0 Å². The molecule has 250 valence electrons. The van der Waals surface area contributed by atoms with Gasteiger partial charge in [0.2, 0.25) is 0 Å². The Labute approximate surface area is 279 Å². The van der Waals surface area contributed by atoms with Crippen LogP contribution in [0.1, 0.15) is 142 Å². The summed E-state index contributed by atoms with van der Waals surface area (Å²) in [6.07, 6.45) is 21.4. The topological polar surface area (TPSA) is 0 Å². The molecule has 5 fully saturated rings. The molecule has 0 heterocycles. The summed E-state index contributed by atoms with van der Waals surface area (Å²) < 4.78 is 0. The Hall–Kier alpha value is -1.04. The van der Waals surface area contributed by atoms with Crippen molar-refractivity contribution in [1.82, 2.24) is 0 Å². The monoisotopic (exact) mass is 611 g/mol. The molecular formula is C45H70. The highest BCUT2D eigenvalue weighted by Crippen LogP contribution is 2.73. The van der Waals surface area contributed by atoms with Crippen molar-refractivity contribution in [3.05, 3.63) is 46.6 Å². The van der Waals surface area contributed by atoms with E-state index in [-0.39, 0.29) is 10.8 Å². The molecule has 0 saturated heterocycles. The predicted molar refractivity (Wildman–Crippen MR) is 194 cm³/mol. The van der Waals surface area contributed by atoms with Crippen molar-refractivity contribution in [3.63, 3.8) is 0 Å². The lowest BCUT2D eigenvalue weighted by Crippen LogP contribution is -2.41. The van der Waals surface area contributed by atoms with Crippen LogP contribution < -0.4 is 0 Å². The van der Waals surface area contributed by atoms with Crippen molar-refractivity contribution in [3.8, 4) is 0 Å². The fraction of sp³-hybridized carbons (Fsp3) is 0.822. The third-order valence-electron chi connectivity index (χ3n) is 16.2. The molecule has 10 unspecified atom stereocenters. The number of fused-ring (bicyclic) bond motifs is 6. The summed E-state index contributed by atoms with van der Waals surface area (Å²) >= 11 is 0. The molecule has 5 saturated carbocycles. The molecule has 0 radical (unpaired) electrons. The van der Waals surface area contributed by atoms with Gasteiger partial charge in [0.05, 0.1) is 0 Å². The van der Waals surface area contributed by atoms with Gasteiger partial charge in [-0.15, -0.1) is 0 Å². The average molecular weight is 611 g/mol. The SMILES string of the molecule is CC1CCC(C)(C)C2=CC3C(C=C21)C1C=C2C(=CC1C3C1(C)C[C@H](C(C)(C)C)C3CC(C(C)(C)C)CC31)C(C)(C)CCC2(C)C. The van der Waals surface area contributed by atoms with Gasteiger partial charge in [-0.05, 0) is 159 Å². The Balaban J connectivity index is 1.42. The summed E-state index contributed by atoms with van der Waals surface area (Å²) in [7, 11) is 0. The summed E-state index contributed by atoms with van der Waals surface area (Å²) in [6.45, 7) is 36.1. The number of rotatable bonds is 1. The number of allylic oxidation sites excluding steroid dienone is 8. The van der Waals surface area contributed by atoms with Crippen LogP contribution in [-0.2, 0) is 0 Å². The summed E-state index contributed by atoms with van der Waals surface area (Å²) in [5.74, 6) is 7.51. The van der Waals surface area contributed by atoms with E-state index in [1.807, 2.05) is 0 Å². The Morgan fingerprint density at radius 3 is 1.67 bits per heavy atom. The van der Waals surface area contributed by atoms with Crippen molar-refractivity contribution in [2.24, 2.45) is 91.7 Å². The van der Waals surface area contributed by atoms with Gasteiger partial charge in [0.15, 0.2) is 0 Å². The molecule has 0 aromatic rings. The fourth-order valence-electron chi connectivity index (χ4n) is 13.2. The first kappa shape index (κ1) is 32.5. The van der Waals surface area contributed by atoms with Crippen LogP contribution in [0.3, 0.4) is 0 Å². The van der Waals surface area contributed by atoms with Crippen molar-refractivity contribution in [2.45, 2.75) is 142 Å². The summed E-state index contributed by atoms with van der Waals surface area (Å²) in [5.41, 5.74) is 8.97. The molecule has 0 spiro atoms. The van der Waals surface area contributed by atoms with Crippen molar-refractivity contribution >= 4 is 0 Å². The molecule has 11 atom stereocenters. The van der Waals surface area contributed by atoms with Crippen LogP contribution in [0.15, 0.2) is 46.6 Å². The van der Waals surface area contributed by atoms with Gasteiger partial charge in [0.25, 0.3) is 0 Å². The third-order valence-corrected chi connectivity index (χ3v) is 16.2. The number of hydrogen-bond donors (Lipinski definition) is 0. The Kier molecular flexibility index (Phi) is 7.06. The van der Waals surface area contributed by atoms with Crippen molar-refractivity contribution in [2.75, 3.05) is 0 Å². The second-order valence-corrected chi connectivity index (χ2v) is 22.3. The zero-order valence-electron chi connectivity index (χ0n) is 32.0.